The Hall–Kier alpha value is -1.86. The largest absolute Gasteiger partial charge is 0.302 e. The minimum atomic E-state index is -0.0755. The Labute approximate surface area is 152 Å². The minimum Gasteiger partial charge on any atom is -0.302 e. The van der Waals surface area contributed by atoms with Gasteiger partial charge in [0.05, 0.1) is 17.1 Å². The molecule has 0 aliphatic carbocycles. The van der Waals surface area contributed by atoms with Crippen LogP contribution < -0.4 is 5.32 Å². The molecular formula is C18H25N5OS. The molecular weight excluding hydrogens is 334 g/mol. The standard InChI is InChI=1S/C18H25N5OS/c1-12-13(2)21-16(8-19-12)7-15-5-4-6-23(10-15)11-17-9-20-18(25-17)22-14(3)24/h8-9,15H,4-7,10-11H2,1-3H3,(H,20,22,24). The third-order valence-corrected chi connectivity index (χ3v) is 5.46. The number of rotatable bonds is 5. The predicted molar refractivity (Wildman–Crippen MR) is 99.6 cm³/mol. The summed E-state index contributed by atoms with van der Waals surface area (Å²) < 4.78 is 0. The van der Waals surface area contributed by atoms with Gasteiger partial charge in [-0.3, -0.25) is 19.7 Å². The highest BCUT2D eigenvalue weighted by Crippen LogP contribution is 2.25. The number of amides is 1. The molecule has 1 aliphatic heterocycles. The third kappa shape index (κ3) is 5.06. The molecule has 7 heteroatoms. The Bertz CT molecular complexity index is 745. The van der Waals surface area contributed by atoms with E-state index in [1.54, 1.807) is 11.3 Å². The molecule has 1 unspecified atom stereocenters. The number of carbonyl (C=O) groups excluding carboxylic acids is 1. The number of likely N-dealkylation sites (tertiary alicyclic amines) is 1. The second-order valence-electron chi connectivity index (χ2n) is 6.79. The molecule has 25 heavy (non-hydrogen) atoms. The summed E-state index contributed by atoms with van der Waals surface area (Å²) in [5.41, 5.74) is 3.13. The van der Waals surface area contributed by atoms with E-state index >= 15 is 0 Å². The van der Waals surface area contributed by atoms with Crippen LogP contribution >= 0.6 is 11.3 Å². The molecule has 0 spiro atoms. The summed E-state index contributed by atoms with van der Waals surface area (Å²) in [5.74, 6) is 0.543. The smallest absolute Gasteiger partial charge is 0.223 e. The lowest BCUT2D eigenvalue weighted by Gasteiger charge is -2.32. The molecule has 3 heterocycles. The van der Waals surface area contributed by atoms with Crippen LogP contribution in [0.15, 0.2) is 12.4 Å². The van der Waals surface area contributed by atoms with E-state index in [9.17, 15) is 4.79 Å². The van der Waals surface area contributed by atoms with E-state index in [0.29, 0.717) is 11.0 Å². The second-order valence-corrected chi connectivity index (χ2v) is 7.91. The topological polar surface area (TPSA) is 71.0 Å². The first kappa shape index (κ1) is 17.9. The van der Waals surface area contributed by atoms with Crippen LogP contribution in [-0.4, -0.2) is 38.8 Å². The van der Waals surface area contributed by atoms with Crippen LogP contribution in [0.25, 0.3) is 0 Å². The number of anilines is 1. The van der Waals surface area contributed by atoms with Gasteiger partial charge in [-0.25, -0.2) is 4.98 Å². The van der Waals surface area contributed by atoms with Crippen LogP contribution in [0.2, 0.25) is 0 Å². The SMILES string of the molecule is CC(=O)Nc1ncc(CN2CCCC(Cc3cnc(C)c(C)n3)C2)s1. The fraction of sp³-hybridized carbons (Fsp3) is 0.556. The van der Waals surface area contributed by atoms with Crippen LogP contribution in [0, 0.1) is 19.8 Å². The minimum absolute atomic E-state index is 0.0755. The summed E-state index contributed by atoms with van der Waals surface area (Å²) in [6, 6.07) is 0. The molecule has 1 saturated heterocycles. The van der Waals surface area contributed by atoms with E-state index in [4.69, 9.17) is 0 Å². The van der Waals surface area contributed by atoms with Crippen molar-refractivity contribution in [3.05, 3.63) is 34.4 Å². The van der Waals surface area contributed by atoms with Gasteiger partial charge in [0, 0.05) is 37.3 Å². The summed E-state index contributed by atoms with van der Waals surface area (Å²) in [7, 11) is 0. The second kappa shape index (κ2) is 8.01. The van der Waals surface area contributed by atoms with Crippen molar-refractivity contribution in [2.24, 2.45) is 5.92 Å². The summed E-state index contributed by atoms with van der Waals surface area (Å²) in [5, 5.41) is 3.43. The number of aryl methyl sites for hydroxylation is 2. The summed E-state index contributed by atoms with van der Waals surface area (Å²) >= 11 is 1.56. The number of carbonyl (C=O) groups is 1. The highest BCUT2D eigenvalue weighted by molar-refractivity contribution is 7.15. The Morgan fingerprint density at radius 2 is 2.16 bits per heavy atom. The molecule has 1 atom stereocenters. The van der Waals surface area contributed by atoms with Crippen LogP contribution in [0.4, 0.5) is 5.13 Å². The molecule has 1 aliphatic rings. The Morgan fingerprint density at radius 3 is 2.92 bits per heavy atom. The number of hydrogen-bond donors (Lipinski definition) is 1. The molecule has 1 N–H and O–H groups in total. The lowest BCUT2D eigenvalue weighted by Crippen LogP contribution is -2.35. The molecule has 6 nitrogen and oxygen atoms in total. The summed E-state index contributed by atoms with van der Waals surface area (Å²) in [4.78, 5) is 28.2. The highest BCUT2D eigenvalue weighted by atomic mass is 32.1. The number of aromatic nitrogens is 3. The zero-order valence-corrected chi connectivity index (χ0v) is 15.9. The average molecular weight is 359 g/mol. The first-order chi connectivity index (χ1) is 12.0. The molecule has 1 amide bonds. The number of nitrogens with one attached hydrogen (secondary N) is 1. The van der Waals surface area contributed by atoms with Crippen molar-refractivity contribution in [3.8, 4) is 0 Å². The average Bonchev–Trinajstić information content (AvgIpc) is 2.97. The Balaban J connectivity index is 1.56. The van der Waals surface area contributed by atoms with Gasteiger partial charge in [-0.2, -0.15) is 0 Å². The number of nitrogens with zero attached hydrogens (tertiary/aromatic N) is 4. The van der Waals surface area contributed by atoms with Gasteiger partial charge in [-0.15, -0.1) is 11.3 Å². The van der Waals surface area contributed by atoms with Crippen molar-refractivity contribution in [1.82, 2.24) is 19.9 Å². The van der Waals surface area contributed by atoms with Crippen molar-refractivity contribution in [2.75, 3.05) is 18.4 Å². The van der Waals surface area contributed by atoms with Crippen molar-refractivity contribution in [2.45, 2.75) is 46.6 Å². The van der Waals surface area contributed by atoms with E-state index in [-0.39, 0.29) is 5.91 Å². The maximum Gasteiger partial charge on any atom is 0.223 e. The molecule has 0 bridgehead atoms. The number of thiazole rings is 1. The van der Waals surface area contributed by atoms with Crippen molar-refractivity contribution >= 4 is 22.4 Å². The van der Waals surface area contributed by atoms with E-state index < -0.39 is 0 Å². The van der Waals surface area contributed by atoms with Crippen LogP contribution in [0.3, 0.4) is 0 Å². The Morgan fingerprint density at radius 1 is 1.32 bits per heavy atom. The molecule has 0 saturated carbocycles. The van der Waals surface area contributed by atoms with Crippen molar-refractivity contribution < 1.29 is 4.79 Å². The van der Waals surface area contributed by atoms with Crippen LogP contribution in [0.5, 0.6) is 0 Å². The molecule has 0 radical (unpaired) electrons. The normalized spacial score (nSPS) is 18.3. The molecule has 2 aromatic rings. The fourth-order valence-corrected chi connectivity index (χ4v) is 4.16. The molecule has 2 aromatic heterocycles. The maximum atomic E-state index is 11.1. The predicted octanol–water partition coefficient (Wildman–Crippen LogP) is 2.96. The van der Waals surface area contributed by atoms with Crippen molar-refractivity contribution in [3.63, 3.8) is 0 Å². The third-order valence-electron chi connectivity index (χ3n) is 4.56. The quantitative estimate of drug-likeness (QED) is 0.889. The van der Waals surface area contributed by atoms with Gasteiger partial charge in [0.15, 0.2) is 5.13 Å². The van der Waals surface area contributed by atoms with Crippen LogP contribution in [0.1, 0.15) is 41.7 Å². The van der Waals surface area contributed by atoms with E-state index in [0.717, 1.165) is 43.1 Å². The lowest BCUT2D eigenvalue weighted by molar-refractivity contribution is -0.114. The molecule has 1 fully saturated rings. The maximum absolute atomic E-state index is 11.1. The van der Waals surface area contributed by atoms with Crippen molar-refractivity contribution in [1.29, 1.82) is 0 Å². The number of hydrogen-bond acceptors (Lipinski definition) is 6. The molecule has 0 aromatic carbocycles. The monoisotopic (exact) mass is 359 g/mol. The summed E-state index contributed by atoms with van der Waals surface area (Å²) in [6.45, 7) is 8.61. The van der Waals surface area contributed by atoms with Gasteiger partial charge >= 0.3 is 0 Å². The lowest BCUT2D eigenvalue weighted by atomic mass is 9.93. The van der Waals surface area contributed by atoms with Gasteiger partial charge in [-0.1, -0.05) is 0 Å². The van der Waals surface area contributed by atoms with E-state index in [1.807, 2.05) is 26.2 Å². The van der Waals surface area contributed by atoms with Gasteiger partial charge in [0.1, 0.15) is 0 Å². The van der Waals surface area contributed by atoms with Gasteiger partial charge in [-0.05, 0) is 45.6 Å². The zero-order chi connectivity index (χ0) is 17.8. The number of piperidine rings is 1. The fourth-order valence-electron chi connectivity index (χ4n) is 3.25. The first-order valence-electron chi connectivity index (χ1n) is 8.73. The molecule has 3 rings (SSSR count). The highest BCUT2D eigenvalue weighted by Gasteiger charge is 2.21. The van der Waals surface area contributed by atoms with Crippen LogP contribution in [-0.2, 0) is 17.8 Å². The van der Waals surface area contributed by atoms with Gasteiger partial charge in [0.2, 0.25) is 5.91 Å². The van der Waals surface area contributed by atoms with Gasteiger partial charge in [0.25, 0.3) is 0 Å². The molecule has 134 valence electrons. The first-order valence-corrected chi connectivity index (χ1v) is 9.55. The van der Waals surface area contributed by atoms with Gasteiger partial charge < -0.3 is 5.32 Å². The summed E-state index contributed by atoms with van der Waals surface area (Å²) in [6.07, 6.45) is 7.23. The van der Waals surface area contributed by atoms with E-state index in [1.165, 1.54) is 24.6 Å². The zero-order valence-electron chi connectivity index (χ0n) is 15.1. The Kier molecular flexibility index (Phi) is 5.75. The van der Waals surface area contributed by atoms with E-state index in [2.05, 4.69) is 25.2 Å².